The van der Waals surface area contributed by atoms with Gasteiger partial charge in [0.1, 0.15) is 12.4 Å². The number of aromatic nitrogens is 1. The fraction of sp³-hybridized carbons (Fsp3) is 0.389. The smallest absolute Gasteiger partial charge is 0.119 e. The molecule has 0 bridgehead atoms. The van der Waals surface area contributed by atoms with E-state index in [0.717, 1.165) is 37.5 Å². The van der Waals surface area contributed by atoms with Crippen LogP contribution in [0.5, 0.6) is 5.75 Å². The van der Waals surface area contributed by atoms with Crippen molar-refractivity contribution < 1.29 is 4.74 Å². The summed E-state index contributed by atoms with van der Waals surface area (Å²) in [7, 11) is 0. The van der Waals surface area contributed by atoms with Gasteiger partial charge < -0.3 is 10.1 Å². The van der Waals surface area contributed by atoms with E-state index in [4.69, 9.17) is 4.74 Å². The van der Waals surface area contributed by atoms with E-state index >= 15 is 0 Å². The molecule has 3 rings (SSSR count). The maximum Gasteiger partial charge on any atom is 0.119 e. The first-order valence-corrected chi connectivity index (χ1v) is 7.86. The minimum absolute atomic E-state index is 0.580. The van der Waals surface area contributed by atoms with Crippen molar-refractivity contribution in [3.05, 3.63) is 59.9 Å². The number of piperazine rings is 1. The predicted molar refractivity (Wildman–Crippen MR) is 87.8 cm³/mol. The highest BCUT2D eigenvalue weighted by molar-refractivity contribution is 5.27. The molecule has 4 heteroatoms. The lowest BCUT2D eigenvalue weighted by molar-refractivity contribution is 0.199. The standard InChI is InChI=1S/C18H23N3O/c1-15-12-21(11-10-20-15)13-16-2-4-18(5-3-16)22-14-17-6-8-19-9-7-17/h2-9,15,20H,10-14H2,1H3/t15-/m0/s1. The largest absolute Gasteiger partial charge is 0.489 e. The van der Waals surface area contributed by atoms with Crippen LogP contribution < -0.4 is 10.1 Å². The highest BCUT2D eigenvalue weighted by atomic mass is 16.5. The lowest BCUT2D eigenvalue weighted by Gasteiger charge is -2.31. The van der Waals surface area contributed by atoms with Gasteiger partial charge in [0.2, 0.25) is 0 Å². The van der Waals surface area contributed by atoms with Crippen molar-refractivity contribution in [1.29, 1.82) is 0 Å². The van der Waals surface area contributed by atoms with Crippen molar-refractivity contribution in [1.82, 2.24) is 15.2 Å². The molecule has 2 heterocycles. The number of benzene rings is 1. The molecule has 1 atom stereocenters. The van der Waals surface area contributed by atoms with Gasteiger partial charge in [0, 0.05) is 44.6 Å². The Hall–Kier alpha value is -1.91. The number of pyridine rings is 1. The number of ether oxygens (including phenoxy) is 1. The molecule has 1 aromatic carbocycles. The Labute approximate surface area is 132 Å². The first-order valence-electron chi connectivity index (χ1n) is 7.86. The van der Waals surface area contributed by atoms with Crippen LogP contribution in [0.3, 0.4) is 0 Å². The number of rotatable bonds is 5. The van der Waals surface area contributed by atoms with Gasteiger partial charge in [0.25, 0.3) is 0 Å². The summed E-state index contributed by atoms with van der Waals surface area (Å²) in [6.07, 6.45) is 3.58. The molecule has 22 heavy (non-hydrogen) atoms. The van der Waals surface area contributed by atoms with E-state index in [1.807, 2.05) is 12.1 Å². The van der Waals surface area contributed by atoms with Crippen molar-refractivity contribution >= 4 is 0 Å². The lowest BCUT2D eigenvalue weighted by Crippen LogP contribution is -2.48. The second-order valence-electron chi connectivity index (χ2n) is 5.88. The molecule has 0 aliphatic carbocycles. The Balaban J connectivity index is 1.51. The molecule has 0 amide bonds. The van der Waals surface area contributed by atoms with Crippen molar-refractivity contribution in [2.45, 2.75) is 26.1 Å². The summed E-state index contributed by atoms with van der Waals surface area (Å²) >= 11 is 0. The molecule has 4 nitrogen and oxygen atoms in total. The summed E-state index contributed by atoms with van der Waals surface area (Å²) in [6.45, 7) is 7.13. The Morgan fingerprint density at radius 1 is 1.14 bits per heavy atom. The van der Waals surface area contributed by atoms with Gasteiger partial charge in [0.15, 0.2) is 0 Å². The Bertz CT molecular complexity index is 571. The van der Waals surface area contributed by atoms with Crippen LogP contribution in [0.1, 0.15) is 18.1 Å². The predicted octanol–water partition coefficient (Wildman–Crippen LogP) is 2.45. The van der Waals surface area contributed by atoms with Gasteiger partial charge in [-0.25, -0.2) is 0 Å². The number of nitrogens with one attached hydrogen (secondary N) is 1. The molecule has 1 aliphatic rings. The van der Waals surface area contributed by atoms with Gasteiger partial charge in [-0.15, -0.1) is 0 Å². The molecule has 1 aromatic heterocycles. The van der Waals surface area contributed by atoms with E-state index in [2.05, 4.69) is 46.4 Å². The van der Waals surface area contributed by atoms with Gasteiger partial charge in [-0.05, 0) is 42.3 Å². The zero-order chi connectivity index (χ0) is 15.2. The maximum atomic E-state index is 5.80. The molecule has 2 aromatic rings. The number of hydrogen-bond acceptors (Lipinski definition) is 4. The minimum atomic E-state index is 0.580. The van der Waals surface area contributed by atoms with E-state index in [1.165, 1.54) is 5.56 Å². The first kappa shape index (κ1) is 15.0. The highest BCUT2D eigenvalue weighted by Gasteiger charge is 2.15. The third-order valence-electron chi connectivity index (χ3n) is 3.94. The van der Waals surface area contributed by atoms with Gasteiger partial charge >= 0.3 is 0 Å². The van der Waals surface area contributed by atoms with Crippen LogP contribution in [0.4, 0.5) is 0 Å². The monoisotopic (exact) mass is 297 g/mol. The van der Waals surface area contributed by atoms with E-state index < -0.39 is 0 Å². The summed E-state index contributed by atoms with van der Waals surface area (Å²) in [5.74, 6) is 0.911. The molecule has 1 fully saturated rings. The van der Waals surface area contributed by atoms with Crippen LogP contribution in [0.25, 0.3) is 0 Å². The zero-order valence-electron chi connectivity index (χ0n) is 13.0. The zero-order valence-corrected chi connectivity index (χ0v) is 13.0. The normalized spacial score (nSPS) is 19.0. The summed E-state index contributed by atoms with van der Waals surface area (Å²) in [4.78, 5) is 6.50. The summed E-state index contributed by atoms with van der Waals surface area (Å²) in [5.41, 5.74) is 2.47. The third-order valence-corrected chi connectivity index (χ3v) is 3.94. The quantitative estimate of drug-likeness (QED) is 0.920. The molecular formula is C18H23N3O. The van der Waals surface area contributed by atoms with E-state index in [-0.39, 0.29) is 0 Å². The average Bonchev–Trinajstić information content (AvgIpc) is 2.55. The Morgan fingerprint density at radius 3 is 2.64 bits per heavy atom. The third kappa shape index (κ3) is 4.29. The summed E-state index contributed by atoms with van der Waals surface area (Å²) in [6, 6.07) is 13.0. The van der Waals surface area contributed by atoms with Crippen molar-refractivity contribution in [2.24, 2.45) is 0 Å². The Kier molecular flexibility index (Phi) is 5.03. The SMILES string of the molecule is C[C@H]1CN(Cc2ccc(OCc3ccncc3)cc2)CCN1. The van der Waals surface area contributed by atoms with Crippen molar-refractivity contribution in [3.8, 4) is 5.75 Å². The number of nitrogens with zero attached hydrogens (tertiary/aromatic N) is 2. The van der Waals surface area contributed by atoms with Crippen molar-refractivity contribution in [2.75, 3.05) is 19.6 Å². The van der Waals surface area contributed by atoms with Crippen LogP contribution in [-0.2, 0) is 13.2 Å². The second kappa shape index (κ2) is 7.38. The van der Waals surface area contributed by atoms with Crippen LogP contribution in [0.2, 0.25) is 0 Å². The fourth-order valence-electron chi connectivity index (χ4n) is 2.75. The van der Waals surface area contributed by atoms with Gasteiger partial charge in [-0.2, -0.15) is 0 Å². The van der Waals surface area contributed by atoms with Crippen LogP contribution in [-0.4, -0.2) is 35.6 Å². The molecule has 1 saturated heterocycles. The first-order chi connectivity index (χ1) is 10.8. The minimum Gasteiger partial charge on any atom is -0.489 e. The average molecular weight is 297 g/mol. The lowest BCUT2D eigenvalue weighted by atomic mass is 10.1. The molecule has 1 N–H and O–H groups in total. The number of hydrogen-bond donors (Lipinski definition) is 1. The molecule has 0 spiro atoms. The molecule has 1 aliphatic heterocycles. The molecule has 0 radical (unpaired) electrons. The summed E-state index contributed by atoms with van der Waals surface area (Å²) < 4.78 is 5.80. The van der Waals surface area contributed by atoms with Crippen LogP contribution in [0.15, 0.2) is 48.8 Å². The fourth-order valence-corrected chi connectivity index (χ4v) is 2.75. The van der Waals surface area contributed by atoms with Gasteiger partial charge in [-0.3, -0.25) is 9.88 Å². The van der Waals surface area contributed by atoms with Crippen LogP contribution >= 0.6 is 0 Å². The van der Waals surface area contributed by atoms with Gasteiger partial charge in [0.05, 0.1) is 0 Å². The van der Waals surface area contributed by atoms with Crippen molar-refractivity contribution in [3.63, 3.8) is 0 Å². The summed E-state index contributed by atoms with van der Waals surface area (Å²) in [5, 5.41) is 3.47. The van der Waals surface area contributed by atoms with E-state index in [9.17, 15) is 0 Å². The van der Waals surface area contributed by atoms with E-state index in [0.29, 0.717) is 12.6 Å². The molecule has 0 unspecified atom stereocenters. The molecule has 116 valence electrons. The highest BCUT2D eigenvalue weighted by Crippen LogP contribution is 2.16. The topological polar surface area (TPSA) is 37.4 Å². The molecular weight excluding hydrogens is 274 g/mol. The van der Waals surface area contributed by atoms with Gasteiger partial charge in [-0.1, -0.05) is 12.1 Å². The second-order valence-corrected chi connectivity index (χ2v) is 5.88. The van der Waals surface area contributed by atoms with Crippen LogP contribution in [0, 0.1) is 0 Å². The maximum absolute atomic E-state index is 5.80. The van der Waals surface area contributed by atoms with E-state index in [1.54, 1.807) is 12.4 Å². The Morgan fingerprint density at radius 2 is 1.91 bits per heavy atom. The molecule has 0 saturated carbocycles.